The number of aliphatic hydroxyl groups excluding tert-OH is 1. The van der Waals surface area contributed by atoms with E-state index in [0.717, 1.165) is 12.8 Å². The zero-order valence-electron chi connectivity index (χ0n) is 8.60. The molecular formula is C8H18N2O3S. The molecule has 0 saturated carbocycles. The van der Waals surface area contributed by atoms with Crippen molar-refractivity contribution < 1.29 is 13.5 Å². The normalized spacial score (nSPS) is 24.7. The lowest BCUT2D eigenvalue weighted by Gasteiger charge is -2.23. The van der Waals surface area contributed by atoms with Gasteiger partial charge in [0.05, 0.1) is 6.61 Å². The van der Waals surface area contributed by atoms with Crippen LogP contribution in [0.25, 0.3) is 0 Å². The molecule has 0 aromatic carbocycles. The molecule has 2 N–H and O–H groups in total. The smallest absolute Gasteiger partial charge is 0.280 e. The van der Waals surface area contributed by atoms with Crippen molar-refractivity contribution in [3.63, 3.8) is 0 Å². The molecule has 0 radical (unpaired) electrons. The van der Waals surface area contributed by atoms with E-state index in [0.29, 0.717) is 6.54 Å². The van der Waals surface area contributed by atoms with Crippen molar-refractivity contribution in [2.45, 2.75) is 38.8 Å². The maximum absolute atomic E-state index is 11.7. The second-order valence-corrected chi connectivity index (χ2v) is 5.52. The lowest BCUT2D eigenvalue weighted by atomic mass is 10.2. The molecule has 0 spiro atoms. The highest BCUT2D eigenvalue weighted by Crippen LogP contribution is 2.19. The van der Waals surface area contributed by atoms with E-state index in [1.54, 1.807) is 13.8 Å². The first-order chi connectivity index (χ1) is 6.47. The summed E-state index contributed by atoms with van der Waals surface area (Å²) >= 11 is 0. The van der Waals surface area contributed by atoms with E-state index in [1.165, 1.54) is 4.31 Å². The third-order valence-electron chi connectivity index (χ3n) is 2.23. The molecule has 14 heavy (non-hydrogen) atoms. The summed E-state index contributed by atoms with van der Waals surface area (Å²) in [4.78, 5) is 0. The fourth-order valence-electron chi connectivity index (χ4n) is 1.67. The maximum atomic E-state index is 11.7. The molecule has 1 saturated heterocycles. The van der Waals surface area contributed by atoms with Gasteiger partial charge in [-0.1, -0.05) is 0 Å². The van der Waals surface area contributed by atoms with Gasteiger partial charge in [0.25, 0.3) is 10.2 Å². The number of hydrogen-bond acceptors (Lipinski definition) is 3. The van der Waals surface area contributed by atoms with Gasteiger partial charge in [-0.25, -0.2) is 0 Å². The summed E-state index contributed by atoms with van der Waals surface area (Å²) in [7, 11) is -3.40. The van der Waals surface area contributed by atoms with Crippen molar-refractivity contribution >= 4 is 10.2 Å². The van der Waals surface area contributed by atoms with Gasteiger partial charge in [-0.05, 0) is 26.7 Å². The topological polar surface area (TPSA) is 69.6 Å². The highest BCUT2D eigenvalue weighted by Gasteiger charge is 2.33. The summed E-state index contributed by atoms with van der Waals surface area (Å²) in [5.74, 6) is 0. The molecule has 0 aromatic rings. The summed E-state index contributed by atoms with van der Waals surface area (Å²) in [5, 5.41) is 9.00. The van der Waals surface area contributed by atoms with Crippen molar-refractivity contribution in [2.75, 3.05) is 13.2 Å². The molecule has 1 rings (SSSR count). The average Bonchev–Trinajstić information content (AvgIpc) is 2.48. The molecule has 1 atom stereocenters. The monoisotopic (exact) mass is 222 g/mol. The molecule has 6 heteroatoms. The number of rotatable bonds is 4. The van der Waals surface area contributed by atoms with Crippen molar-refractivity contribution in [1.29, 1.82) is 0 Å². The number of aliphatic hydroxyl groups is 1. The highest BCUT2D eigenvalue weighted by atomic mass is 32.2. The molecule has 5 nitrogen and oxygen atoms in total. The van der Waals surface area contributed by atoms with Crippen LogP contribution < -0.4 is 4.72 Å². The van der Waals surface area contributed by atoms with Gasteiger partial charge in [-0.2, -0.15) is 17.4 Å². The van der Waals surface area contributed by atoms with Crippen LogP contribution in [0.3, 0.4) is 0 Å². The number of nitrogens with one attached hydrogen (secondary N) is 1. The Bertz CT molecular complexity index is 276. The van der Waals surface area contributed by atoms with Crippen LogP contribution in [0.4, 0.5) is 0 Å². The Hall–Kier alpha value is -0.170. The van der Waals surface area contributed by atoms with Gasteiger partial charge < -0.3 is 5.11 Å². The lowest BCUT2D eigenvalue weighted by Crippen LogP contribution is -2.46. The van der Waals surface area contributed by atoms with E-state index in [-0.39, 0.29) is 18.7 Å². The van der Waals surface area contributed by atoms with Crippen molar-refractivity contribution in [1.82, 2.24) is 9.03 Å². The Morgan fingerprint density at radius 2 is 2.21 bits per heavy atom. The molecule has 1 fully saturated rings. The molecule has 1 unspecified atom stereocenters. The average molecular weight is 222 g/mol. The third kappa shape index (κ3) is 2.66. The fourth-order valence-corrected chi connectivity index (χ4v) is 3.34. The quantitative estimate of drug-likeness (QED) is 0.685. The van der Waals surface area contributed by atoms with Crippen LogP contribution in [-0.2, 0) is 10.2 Å². The summed E-state index contributed by atoms with van der Waals surface area (Å²) in [6.45, 7) is 3.97. The van der Waals surface area contributed by atoms with Gasteiger partial charge in [0.15, 0.2) is 0 Å². The molecule has 1 heterocycles. The summed E-state index contributed by atoms with van der Waals surface area (Å²) in [6, 6.07) is -0.355. The van der Waals surface area contributed by atoms with Gasteiger partial charge in [-0.15, -0.1) is 0 Å². The van der Waals surface area contributed by atoms with Gasteiger partial charge in [0.1, 0.15) is 0 Å². The lowest BCUT2D eigenvalue weighted by molar-refractivity contribution is 0.212. The van der Waals surface area contributed by atoms with Crippen LogP contribution >= 0.6 is 0 Å². The van der Waals surface area contributed by atoms with Crippen LogP contribution in [0.5, 0.6) is 0 Å². The molecule has 84 valence electrons. The SMILES string of the molecule is CC(C)NS(=O)(=O)N1CCCC1CO. The molecule has 0 aliphatic carbocycles. The Morgan fingerprint density at radius 1 is 1.57 bits per heavy atom. The summed E-state index contributed by atoms with van der Waals surface area (Å²) in [5.41, 5.74) is 0. The first-order valence-electron chi connectivity index (χ1n) is 4.87. The van der Waals surface area contributed by atoms with Gasteiger partial charge in [0, 0.05) is 18.6 Å². The molecular weight excluding hydrogens is 204 g/mol. The standard InChI is InChI=1S/C8H18N2O3S/c1-7(2)9-14(12,13)10-5-3-4-8(10)6-11/h7-9,11H,3-6H2,1-2H3. The van der Waals surface area contributed by atoms with Gasteiger partial charge >= 0.3 is 0 Å². The molecule has 0 amide bonds. The van der Waals surface area contributed by atoms with Crippen LogP contribution in [0.2, 0.25) is 0 Å². The van der Waals surface area contributed by atoms with Crippen LogP contribution in [0, 0.1) is 0 Å². The predicted octanol–water partition coefficient (Wildman–Crippen LogP) is -0.314. The Morgan fingerprint density at radius 3 is 2.71 bits per heavy atom. The minimum Gasteiger partial charge on any atom is -0.395 e. The molecule has 1 aliphatic rings. The van der Waals surface area contributed by atoms with Crippen molar-refractivity contribution in [2.24, 2.45) is 0 Å². The van der Waals surface area contributed by atoms with Gasteiger partial charge in [-0.3, -0.25) is 0 Å². The van der Waals surface area contributed by atoms with E-state index in [1.807, 2.05) is 0 Å². The van der Waals surface area contributed by atoms with Crippen LogP contribution in [-0.4, -0.2) is 43.1 Å². The van der Waals surface area contributed by atoms with E-state index in [4.69, 9.17) is 5.11 Å². The van der Waals surface area contributed by atoms with E-state index >= 15 is 0 Å². The molecule has 0 aromatic heterocycles. The maximum Gasteiger partial charge on any atom is 0.280 e. The summed E-state index contributed by atoms with van der Waals surface area (Å²) in [6.07, 6.45) is 1.57. The second-order valence-electron chi connectivity index (χ2n) is 3.87. The van der Waals surface area contributed by atoms with Crippen molar-refractivity contribution in [3.8, 4) is 0 Å². The largest absolute Gasteiger partial charge is 0.395 e. The third-order valence-corrected chi connectivity index (χ3v) is 4.09. The molecule has 1 aliphatic heterocycles. The van der Waals surface area contributed by atoms with E-state index < -0.39 is 10.2 Å². The Kier molecular flexibility index (Phi) is 3.88. The predicted molar refractivity (Wildman–Crippen MR) is 54.0 cm³/mol. The first kappa shape index (κ1) is 11.9. The van der Waals surface area contributed by atoms with Crippen LogP contribution in [0.15, 0.2) is 0 Å². The van der Waals surface area contributed by atoms with E-state index in [9.17, 15) is 8.42 Å². The minimum absolute atomic E-state index is 0.0982. The Balaban J connectivity index is 2.71. The first-order valence-corrected chi connectivity index (χ1v) is 6.31. The fraction of sp³-hybridized carbons (Fsp3) is 1.00. The van der Waals surface area contributed by atoms with E-state index in [2.05, 4.69) is 4.72 Å². The number of hydrogen-bond donors (Lipinski definition) is 2. The van der Waals surface area contributed by atoms with Crippen molar-refractivity contribution in [3.05, 3.63) is 0 Å². The zero-order chi connectivity index (χ0) is 10.8. The summed E-state index contributed by atoms with van der Waals surface area (Å²) < 4.78 is 27.3. The zero-order valence-corrected chi connectivity index (χ0v) is 9.42. The second kappa shape index (κ2) is 4.57. The van der Waals surface area contributed by atoms with Crippen LogP contribution in [0.1, 0.15) is 26.7 Å². The molecule has 0 bridgehead atoms. The Labute approximate surface area is 85.3 Å². The van der Waals surface area contributed by atoms with Gasteiger partial charge in [0.2, 0.25) is 0 Å². The number of nitrogens with zero attached hydrogens (tertiary/aromatic N) is 1. The minimum atomic E-state index is -3.40. The highest BCUT2D eigenvalue weighted by molar-refractivity contribution is 7.87.